The number of ether oxygens (including phenoxy) is 1. The molecule has 2 heterocycles. The van der Waals surface area contributed by atoms with Gasteiger partial charge in [-0.05, 0) is 30.7 Å². The van der Waals surface area contributed by atoms with Crippen molar-refractivity contribution < 1.29 is 17.9 Å². The summed E-state index contributed by atoms with van der Waals surface area (Å²) in [6.45, 7) is 0.465. The predicted octanol–water partition coefficient (Wildman–Crippen LogP) is 1.64. The average molecular weight is 359 g/mol. The van der Waals surface area contributed by atoms with Crippen LogP contribution in [-0.4, -0.2) is 31.8 Å². The minimum Gasteiger partial charge on any atom is -0.459 e. The first-order chi connectivity index (χ1) is 12.1. The second kappa shape index (κ2) is 7.43. The number of aliphatic imine (C=N–C) groups is 1. The summed E-state index contributed by atoms with van der Waals surface area (Å²) in [5.74, 6) is -0.0179. The first-order valence-electron chi connectivity index (χ1n) is 7.78. The lowest BCUT2D eigenvalue weighted by atomic mass is 10.2. The summed E-state index contributed by atoms with van der Waals surface area (Å²) in [7, 11) is -3.53. The van der Waals surface area contributed by atoms with E-state index in [0.29, 0.717) is 30.1 Å². The maximum atomic E-state index is 12.0. The van der Waals surface area contributed by atoms with Gasteiger partial charge in [0.1, 0.15) is 12.4 Å². The molecule has 2 aromatic rings. The quantitative estimate of drug-likeness (QED) is 0.625. The van der Waals surface area contributed by atoms with Crippen molar-refractivity contribution in [3.63, 3.8) is 0 Å². The summed E-state index contributed by atoms with van der Waals surface area (Å²) < 4.78 is 31.5. The summed E-state index contributed by atoms with van der Waals surface area (Å²) >= 11 is 0. The molecular formula is C17H17N3O4S. The number of nitrogens with zero attached hydrogens (tertiary/aromatic N) is 2. The SMILES string of the molecule is O=C(CCCN=C1NS(=O)(=O)c2ccccc21)OCc1ccccn1. The molecule has 3 rings (SSSR count). The first kappa shape index (κ1) is 17.1. The molecule has 0 radical (unpaired) electrons. The molecule has 0 atom stereocenters. The van der Waals surface area contributed by atoms with Crippen molar-refractivity contribution in [2.75, 3.05) is 6.54 Å². The Balaban J connectivity index is 1.49. The van der Waals surface area contributed by atoms with Gasteiger partial charge in [0.2, 0.25) is 0 Å². The third-order valence-corrected chi connectivity index (χ3v) is 4.98. The van der Waals surface area contributed by atoms with E-state index in [-0.39, 0.29) is 23.9 Å². The third kappa shape index (κ3) is 4.21. The van der Waals surface area contributed by atoms with Crippen molar-refractivity contribution in [1.82, 2.24) is 9.71 Å². The lowest BCUT2D eigenvalue weighted by molar-refractivity contribution is -0.145. The van der Waals surface area contributed by atoms with Crippen LogP contribution in [0.1, 0.15) is 24.1 Å². The zero-order chi connectivity index (χ0) is 17.7. The van der Waals surface area contributed by atoms with Crippen LogP contribution in [-0.2, 0) is 26.2 Å². The van der Waals surface area contributed by atoms with Crippen LogP contribution in [0.15, 0.2) is 58.5 Å². The molecule has 130 valence electrons. The molecule has 8 heteroatoms. The van der Waals surface area contributed by atoms with Gasteiger partial charge in [0.25, 0.3) is 10.0 Å². The van der Waals surface area contributed by atoms with E-state index >= 15 is 0 Å². The van der Waals surface area contributed by atoms with Crippen LogP contribution in [0.3, 0.4) is 0 Å². The van der Waals surface area contributed by atoms with Crippen LogP contribution in [0.25, 0.3) is 0 Å². The highest BCUT2D eigenvalue weighted by Gasteiger charge is 2.29. The highest BCUT2D eigenvalue weighted by atomic mass is 32.2. The van der Waals surface area contributed by atoms with E-state index in [1.165, 1.54) is 6.07 Å². The molecule has 1 aliphatic heterocycles. The smallest absolute Gasteiger partial charge is 0.306 e. The molecule has 1 aromatic heterocycles. The molecular weight excluding hydrogens is 342 g/mol. The monoisotopic (exact) mass is 359 g/mol. The van der Waals surface area contributed by atoms with Crippen molar-refractivity contribution >= 4 is 21.8 Å². The van der Waals surface area contributed by atoms with E-state index in [1.807, 2.05) is 6.07 Å². The molecule has 0 saturated heterocycles. The Labute approximate surface area is 145 Å². The van der Waals surface area contributed by atoms with Crippen LogP contribution in [0.5, 0.6) is 0 Å². The second-order valence-corrected chi connectivity index (χ2v) is 7.07. The molecule has 0 aliphatic carbocycles. The second-order valence-electron chi connectivity index (χ2n) is 5.42. The number of carbonyl (C=O) groups excluding carboxylic acids is 1. The molecule has 0 amide bonds. The summed E-state index contributed by atoms with van der Waals surface area (Å²) in [6, 6.07) is 12.1. The Bertz CT molecular complexity index is 895. The molecule has 1 aliphatic rings. The fourth-order valence-corrected chi connectivity index (χ4v) is 3.63. The van der Waals surface area contributed by atoms with Crippen LogP contribution in [0.4, 0.5) is 0 Å². The highest BCUT2D eigenvalue weighted by molar-refractivity contribution is 7.90. The van der Waals surface area contributed by atoms with Gasteiger partial charge < -0.3 is 4.74 Å². The van der Waals surface area contributed by atoms with Gasteiger partial charge in [-0.2, -0.15) is 0 Å². The van der Waals surface area contributed by atoms with Gasteiger partial charge in [-0.1, -0.05) is 18.2 Å². The van der Waals surface area contributed by atoms with E-state index in [1.54, 1.807) is 36.5 Å². The maximum absolute atomic E-state index is 12.0. The number of pyridine rings is 1. The Hall–Kier alpha value is -2.74. The van der Waals surface area contributed by atoms with Crippen molar-refractivity contribution in [2.24, 2.45) is 4.99 Å². The van der Waals surface area contributed by atoms with E-state index in [2.05, 4.69) is 14.7 Å². The van der Waals surface area contributed by atoms with E-state index in [0.717, 1.165) is 0 Å². The minimum atomic E-state index is -3.53. The van der Waals surface area contributed by atoms with Gasteiger partial charge >= 0.3 is 5.97 Å². The number of fused-ring (bicyclic) bond motifs is 1. The summed E-state index contributed by atoms with van der Waals surface area (Å²) in [5, 5.41) is 0. The number of aromatic nitrogens is 1. The number of carbonyl (C=O) groups is 1. The largest absolute Gasteiger partial charge is 0.459 e. The zero-order valence-corrected chi connectivity index (χ0v) is 14.2. The third-order valence-electron chi connectivity index (χ3n) is 3.58. The zero-order valence-electron chi connectivity index (χ0n) is 13.4. The van der Waals surface area contributed by atoms with Crippen LogP contribution in [0, 0.1) is 0 Å². The number of nitrogens with one attached hydrogen (secondary N) is 1. The van der Waals surface area contributed by atoms with Crippen LogP contribution >= 0.6 is 0 Å². The normalized spacial score (nSPS) is 16.2. The van der Waals surface area contributed by atoms with E-state index < -0.39 is 10.0 Å². The molecule has 25 heavy (non-hydrogen) atoms. The van der Waals surface area contributed by atoms with Gasteiger partial charge in [-0.25, -0.2) is 8.42 Å². The standard InChI is InChI=1S/C17H17N3O4S/c21-16(24-12-13-6-3-4-10-18-13)9-5-11-19-17-14-7-1-2-8-15(14)25(22,23)20-17/h1-4,6-8,10H,5,9,11-12H2,(H,19,20). The molecule has 0 saturated carbocycles. The van der Waals surface area contributed by atoms with Gasteiger partial charge in [-0.15, -0.1) is 0 Å². The molecule has 0 bridgehead atoms. The molecule has 0 unspecified atom stereocenters. The number of amidine groups is 1. The van der Waals surface area contributed by atoms with Gasteiger partial charge in [0, 0.05) is 24.7 Å². The Morgan fingerprint density at radius 2 is 1.96 bits per heavy atom. The van der Waals surface area contributed by atoms with Crippen molar-refractivity contribution in [3.05, 3.63) is 59.9 Å². The predicted molar refractivity (Wildman–Crippen MR) is 91.4 cm³/mol. The summed E-state index contributed by atoms with van der Waals surface area (Å²) in [6.07, 6.45) is 2.31. The number of sulfonamides is 1. The summed E-state index contributed by atoms with van der Waals surface area (Å²) in [4.78, 5) is 20.3. The topological polar surface area (TPSA) is 97.7 Å². The first-order valence-corrected chi connectivity index (χ1v) is 9.27. The van der Waals surface area contributed by atoms with E-state index in [9.17, 15) is 13.2 Å². The number of hydrogen-bond donors (Lipinski definition) is 1. The summed E-state index contributed by atoms with van der Waals surface area (Å²) in [5.41, 5.74) is 1.24. The lowest BCUT2D eigenvalue weighted by Gasteiger charge is -2.03. The van der Waals surface area contributed by atoms with Crippen molar-refractivity contribution in [3.8, 4) is 0 Å². The van der Waals surface area contributed by atoms with Crippen LogP contribution < -0.4 is 4.72 Å². The maximum Gasteiger partial charge on any atom is 0.306 e. The molecule has 1 aromatic carbocycles. The number of esters is 1. The minimum absolute atomic E-state index is 0.140. The molecule has 7 nitrogen and oxygen atoms in total. The van der Waals surface area contributed by atoms with E-state index in [4.69, 9.17) is 4.74 Å². The van der Waals surface area contributed by atoms with Crippen molar-refractivity contribution in [2.45, 2.75) is 24.3 Å². The molecule has 0 spiro atoms. The highest BCUT2D eigenvalue weighted by Crippen LogP contribution is 2.22. The fourth-order valence-electron chi connectivity index (χ4n) is 2.38. The fraction of sp³-hybridized carbons (Fsp3) is 0.235. The Morgan fingerprint density at radius 3 is 2.76 bits per heavy atom. The van der Waals surface area contributed by atoms with Gasteiger partial charge in [0.15, 0.2) is 0 Å². The lowest BCUT2D eigenvalue weighted by Crippen LogP contribution is -2.22. The number of rotatable bonds is 6. The van der Waals surface area contributed by atoms with Crippen molar-refractivity contribution in [1.29, 1.82) is 0 Å². The van der Waals surface area contributed by atoms with Crippen LogP contribution in [0.2, 0.25) is 0 Å². The Kier molecular flexibility index (Phi) is 5.08. The van der Waals surface area contributed by atoms with Gasteiger partial charge in [-0.3, -0.25) is 19.5 Å². The van der Waals surface area contributed by atoms with Gasteiger partial charge in [0.05, 0.1) is 10.6 Å². The number of benzene rings is 1. The Morgan fingerprint density at radius 1 is 1.16 bits per heavy atom. The average Bonchev–Trinajstić information content (AvgIpc) is 2.89. The number of hydrogen-bond acceptors (Lipinski definition) is 6. The molecule has 1 N–H and O–H groups in total. The molecule has 0 fully saturated rings.